The Balaban J connectivity index is 0.00000200. The fourth-order valence-corrected chi connectivity index (χ4v) is 2.61. The van der Waals surface area contributed by atoms with E-state index in [0.717, 1.165) is 31.4 Å². The first kappa shape index (κ1) is 16.8. The second kappa shape index (κ2) is 8.12. The van der Waals surface area contributed by atoms with Gasteiger partial charge in [-0.3, -0.25) is 4.79 Å². The van der Waals surface area contributed by atoms with Crippen molar-refractivity contribution in [2.75, 3.05) is 19.7 Å². The number of ether oxygens (including phenoxy) is 1. The van der Waals surface area contributed by atoms with E-state index in [1.54, 1.807) is 0 Å². The lowest BCUT2D eigenvalue weighted by molar-refractivity contribution is -0.130. The SMILES string of the molecule is Cl.NCC1(C(=O)NCCOc2ccccc2)CCCC1. The Kier molecular flexibility index (Phi) is 6.82. The molecule has 0 aliphatic heterocycles. The van der Waals surface area contributed by atoms with E-state index in [0.29, 0.717) is 19.7 Å². The number of nitrogens with two attached hydrogens (primary N) is 1. The van der Waals surface area contributed by atoms with Crippen LogP contribution in [0.4, 0.5) is 0 Å². The van der Waals surface area contributed by atoms with Gasteiger partial charge in [-0.1, -0.05) is 31.0 Å². The number of hydrogen-bond acceptors (Lipinski definition) is 3. The van der Waals surface area contributed by atoms with Crippen LogP contribution in [0.15, 0.2) is 30.3 Å². The third-order valence-electron chi connectivity index (χ3n) is 3.83. The molecule has 1 aromatic carbocycles. The Bertz CT molecular complexity index is 406. The first-order chi connectivity index (χ1) is 9.27. The molecular formula is C15H23ClN2O2. The van der Waals surface area contributed by atoms with Crippen molar-refractivity contribution < 1.29 is 9.53 Å². The van der Waals surface area contributed by atoms with Gasteiger partial charge in [-0.25, -0.2) is 0 Å². The van der Waals surface area contributed by atoms with Crippen molar-refractivity contribution in [1.82, 2.24) is 5.32 Å². The van der Waals surface area contributed by atoms with E-state index < -0.39 is 0 Å². The molecule has 1 amide bonds. The monoisotopic (exact) mass is 298 g/mol. The Labute approximate surface area is 126 Å². The molecule has 1 aliphatic carbocycles. The van der Waals surface area contributed by atoms with Crippen LogP contribution in [0.25, 0.3) is 0 Å². The average Bonchev–Trinajstić information content (AvgIpc) is 2.94. The maximum atomic E-state index is 12.2. The first-order valence-electron chi connectivity index (χ1n) is 6.93. The zero-order chi connectivity index (χ0) is 13.6. The lowest BCUT2D eigenvalue weighted by Gasteiger charge is -2.25. The molecule has 0 heterocycles. The van der Waals surface area contributed by atoms with Crippen molar-refractivity contribution >= 4 is 18.3 Å². The van der Waals surface area contributed by atoms with Crippen molar-refractivity contribution in [3.05, 3.63) is 30.3 Å². The van der Waals surface area contributed by atoms with E-state index >= 15 is 0 Å². The van der Waals surface area contributed by atoms with Crippen LogP contribution in [0.2, 0.25) is 0 Å². The number of carbonyl (C=O) groups is 1. The smallest absolute Gasteiger partial charge is 0.227 e. The summed E-state index contributed by atoms with van der Waals surface area (Å²) in [7, 11) is 0. The van der Waals surface area contributed by atoms with E-state index in [4.69, 9.17) is 10.5 Å². The average molecular weight is 299 g/mol. The molecule has 1 saturated carbocycles. The normalized spacial score (nSPS) is 16.2. The van der Waals surface area contributed by atoms with Gasteiger partial charge in [0.15, 0.2) is 0 Å². The molecule has 0 radical (unpaired) electrons. The van der Waals surface area contributed by atoms with Crippen molar-refractivity contribution in [2.45, 2.75) is 25.7 Å². The maximum Gasteiger partial charge on any atom is 0.227 e. The second-order valence-electron chi connectivity index (χ2n) is 5.11. The van der Waals surface area contributed by atoms with Crippen LogP contribution >= 0.6 is 12.4 Å². The molecule has 4 nitrogen and oxygen atoms in total. The molecule has 0 unspecified atom stereocenters. The topological polar surface area (TPSA) is 64.4 Å². The van der Waals surface area contributed by atoms with Gasteiger partial charge in [0.1, 0.15) is 12.4 Å². The zero-order valence-electron chi connectivity index (χ0n) is 11.6. The summed E-state index contributed by atoms with van der Waals surface area (Å²) in [5, 5.41) is 2.94. The van der Waals surface area contributed by atoms with Gasteiger partial charge in [0.2, 0.25) is 5.91 Å². The van der Waals surface area contributed by atoms with Crippen LogP contribution in [0.3, 0.4) is 0 Å². The molecule has 3 N–H and O–H groups in total. The van der Waals surface area contributed by atoms with E-state index in [1.807, 2.05) is 30.3 Å². The highest BCUT2D eigenvalue weighted by Crippen LogP contribution is 2.37. The highest BCUT2D eigenvalue weighted by Gasteiger charge is 2.39. The molecule has 5 heteroatoms. The van der Waals surface area contributed by atoms with Crippen LogP contribution in [0, 0.1) is 5.41 Å². The molecule has 112 valence electrons. The summed E-state index contributed by atoms with van der Waals surface area (Å²) < 4.78 is 5.54. The highest BCUT2D eigenvalue weighted by atomic mass is 35.5. The number of rotatable bonds is 6. The maximum absolute atomic E-state index is 12.2. The number of nitrogens with one attached hydrogen (secondary N) is 1. The Morgan fingerprint density at radius 3 is 2.50 bits per heavy atom. The van der Waals surface area contributed by atoms with Gasteiger partial charge in [-0.05, 0) is 25.0 Å². The number of benzene rings is 1. The lowest BCUT2D eigenvalue weighted by atomic mass is 9.85. The van der Waals surface area contributed by atoms with Gasteiger partial charge in [0.05, 0.1) is 12.0 Å². The molecule has 0 bridgehead atoms. The molecule has 1 aromatic rings. The van der Waals surface area contributed by atoms with Gasteiger partial charge in [0.25, 0.3) is 0 Å². The summed E-state index contributed by atoms with van der Waals surface area (Å²) in [6.07, 6.45) is 4.03. The van der Waals surface area contributed by atoms with Gasteiger partial charge < -0.3 is 15.8 Å². The summed E-state index contributed by atoms with van der Waals surface area (Å²) in [6, 6.07) is 9.60. The fraction of sp³-hybridized carbons (Fsp3) is 0.533. The predicted octanol–water partition coefficient (Wildman–Crippen LogP) is 2.12. The molecule has 0 atom stereocenters. The molecular weight excluding hydrogens is 276 g/mol. The summed E-state index contributed by atoms with van der Waals surface area (Å²) in [5.74, 6) is 0.912. The minimum atomic E-state index is -0.327. The summed E-state index contributed by atoms with van der Waals surface area (Å²) in [5.41, 5.74) is 5.45. The number of carbonyl (C=O) groups excluding carboxylic acids is 1. The Morgan fingerprint density at radius 1 is 1.25 bits per heavy atom. The third-order valence-corrected chi connectivity index (χ3v) is 3.83. The number of halogens is 1. The molecule has 20 heavy (non-hydrogen) atoms. The van der Waals surface area contributed by atoms with Crippen LogP contribution in [-0.4, -0.2) is 25.6 Å². The third kappa shape index (κ3) is 4.12. The lowest BCUT2D eigenvalue weighted by Crippen LogP contribution is -2.45. The van der Waals surface area contributed by atoms with Crippen molar-refractivity contribution in [2.24, 2.45) is 11.1 Å². The highest BCUT2D eigenvalue weighted by molar-refractivity contribution is 5.85. The second-order valence-corrected chi connectivity index (χ2v) is 5.11. The van der Waals surface area contributed by atoms with E-state index in [1.165, 1.54) is 0 Å². The van der Waals surface area contributed by atoms with E-state index in [-0.39, 0.29) is 23.7 Å². The summed E-state index contributed by atoms with van der Waals surface area (Å²) in [6.45, 7) is 1.45. The van der Waals surface area contributed by atoms with Crippen molar-refractivity contribution in [3.8, 4) is 5.75 Å². The molecule has 0 saturated heterocycles. The summed E-state index contributed by atoms with van der Waals surface area (Å²) >= 11 is 0. The molecule has 0 aromatic heterocycles. The largest absolute Gasteiger partial charge is 0.492 e. The van der Waals surface area contributed by atoms with Gasteiger partial charge in [-0.15, -0.1) is 12.4 Å². The number of hydrogen-bond donors (Lipinski definition) is 2. The first-order valence-corrected chi connectivity index (χ1v) is 6.93. The Morgan fingerprint density at radius 2 is 1.90 bits per heavy atom. The number of amides is 1. The van der Waals surface area contributed by atoms with Crippen molar-refractivity contribution in [3.63, 3.8) is 0 Å². The predicted molar refractivity (Wildman–Crippen MR) is 82.2 cm³/mol. The molecule has 1 aliphatic rings. The van der Waals surface area contributed by atoms with Crippen LogP contribution < -0.4 is 15.8 Å². The van der Waals surface area contributed by atoms with Gasteiger partial charge in [0, 0.05) is 6.54 Å². The van der Waals surface area contributed by atoms with Crippen LogP contribution in [-0.2, 0) is 4.79 Å². The quantitative estimate of drug-likeness (QED) is 0.791. The minimum absolute atomic E-state index is 0. The van der Waals surface area contributed by atoms with Gasteiger partial charge >= 0.3 is 0 Å². The number of para-hydroxylation sites is 1. The fourth-order valence-electron chi connectivity index (χ4n) is 2.61. The Hall–Kier alpha value is -1.26. The molecule has 2 rings (SSSR count). The van der Waals surface area contributed by atoms with E-state index in [9.17, 15) is 4.79 Å². The van der Waals surface area contributed by atoms with Crippen molar-refractivity contribution in [1.29, 1.82) is 0 Å². The van der Waals surface area contributed by atoms with Gasteiger partial charge in [-0.2, -0.15) is 0 Å². The zero-order valence-corrected chi connectivity index (χ0v) is 12.5. The van der Waals surface area contributed by atoms with E-state index in [2.05, 4.69) is 5.32 Å². The minimum Gasteiger partial charge on any atom is -0.492 e. The molecule has 1 fully saturated rings. The standard InChI is InChI=1S/C15H22N2O2.ClH/c16-12-15(8-4-5-9-15)14(18)17-10-11-19-13-6-2-1-3-7-13;/h1-3,6-7H,4-5,8-12,16H2,(H,17,18);1H. The molecule has 0 spiro atoms. The summed E-state index contributed by atoms with van der Waals surface area (Å²) in [4.78, 5) is 12.2. The van der Waals surface area contributed by atoms with Crippen LogP contribution in [0.5, 0.6) is 5.75 Å². The van der Waals surface area contributed by atoms with Crippen LogP contribution in [0.1, 0.15) is 25.7 Å².